The molecule has 106 valence electrons. The SMILES string of the molecule is CC[Si](CC)(CC)CC/C=C/c1ccc(OC)cc1. The zero-order valence-corrected chi connectivity index (χ0v) is 13.9. The molecule has 0 spiro atoms. The summed E-state index contributed by atoms with van der Waals surface area (Å²) in [5.41, 5.74) is 1.26. The maximum absolute atomic E-state index is 5.16. The van der Waals surface area contributed by atoms with Crippen molar-refractivity contribution in [1.82, 2.24) is 0 Å². The van der Waals surface area contributed by atoms with Crippen LogP contribution < -0.4 is 4.74 Å². The summed E-state index contributed by atoms with van der Waals surface area (Å²) in [5, 5.41) is 0. The molecule has 1 nitrogen and oxygen atoms in total. The maximum atomic E-state index is 5.16. The summed E-state index contributed by atoms with van der Waals surface area (Å²) in [6.07, 6.45) is 5.80. The minimum Gasteiger partial charge on any atom is -0.497 e. The first-order chi connectivity index (χ1) is 9.19. The molecular weight excluding hydrogens is 248 g/mol. The van der Waals surface area contributed by atoms with E-state index in [2.05, 4.69) is 45.1 Å². The van der Waals surface area contributed by atoms with E-state index < -0.39 is 8.07 Å². The molecule has 0 bridgehead atoms. The number of hydrogen-bond donors (Lipinski definition) is 0. The third-order valence-corrected chi connectivity index (χ3v) is 10.4. The van der Waals surface area contributed by atoms with Gasteiger partial charge in [-0.3, -0.25) is 0 Å². The molecule has 0 heterocycles. The van der Waals surface area contributed by atoms with E-state index in [1.54, 1.807) is 7.11 Å². The Morgan fingerprint density at radius 1 is 1.00 bits per heavy atom. The van der Waals surface area contributed by atoms with E-state index in [1.807, 2.05) is 12.1 Å². The molecule has 1 rings (SSSR count). The van der Waals surface area contributed by atoms with E-state index in [-0.39, 0.29) is 0 Å². The Morgan fingerprint density at radius 2 is 1.58 bits per heavy atom. The molecular formula is C17H28OSi. The van der Waals surface area contributed by atoms with Gasteiger partial charge in [0.05, 0.1) is 15.2 Å². The van der Waals surface area contributed by atoms with Crippen LogP contribution in [0, 0.1) is 0 Å². The summed E-state index contributed by atoms with van der Waals surface area (Å²) in [5.74, 6) is 0.923. The second kappa shape index (κ2) is 8.21. The van der Waals surface area contributed by atoms with Crippen LogP contribution in [-0.4, -0.2) is 15.2 Å². The third kappa shape index (κ3) is 4.87. The lowest BCUT2D eigenvalue weighted by molar-refractivity contribution is 0.415. The summed E-state index contributed by atoms with van der Waals surface area (Å²) in [6.45, 7) is 7.14. The highest BCUT2D eigenvalue weighted by molar-refractivity contribution is 6.79. The van der Waals surface area contributed by atoms with Gasteiger partial charge in [0.15, 0.2) is 0 Å². The van der Waals surface area contributed by atoms with Crippen molar-refractivity contribution >= 4 is 14.1 Å². The Morgan fingerprint density at radius 3 is 2.05 bits per heavy atom. The lowest BCUT2D eigenvalue weighted by Crippen LogP contribution is -2.30. The normalized spacial score (nSPS) is 12.0. The van der Waals surface area contributed by atoms with Gasteiger partial charge in [-0.2, -0.15) is 0 Å². The summed E-state index contributed by atoms with van der Waals surface area (Å²) < 4.78 is 5.16. The highest BCUT2D eigenvalue weighted by Crippen LogP contribution is 2.26. The molecule has 0 N–H and O–H groups in total. The number of ether oxygens (including phenoxy) is 1. The monoisotopic (exact) mass is 276 g/mol. The lowest BCUT2D eigenvalue weighted by Gasteiger charge is -2.27. The summed E-state index contributed by atoms with van der Waals surface area (Å²) in [4.78, 5) is 0. The van der Waals surface area contributed by atoms with Gasteiger partial charge in [-0.15, -0.1) is 0 Å². The molecule has 0 aromatic heterocycles. The molecule has 0 atom stereocenters. The molecule has 0 unspecified atom stereocenters. The second-order valence-electron chi connectivity index (χ2n) is 5.27. The molecule has 19 heavy (non-hydrogen) atoms. The van der Waals surface area contributed by atoms with E-state index in [0.717, 1.165) is 5.75 Å². The van der Waals surface area contributed by atoms with Gasteiger partial charge in [0.1, 0.15) is 5.75 Å². The van der Waals surface area contributed by atoms with Crippen LogP contribution in [-0.2, 0) is 0 Å². The summed E-state index contributed by atoms with van der Waals surface area (Å²) >= 11 is 0. The van der Waals surface area contributed by atoms with Crippen molar-refractivity contribution in [2.45, 2.75) is 51.4 Å². The molecule has 1 aromatic carbocycles. The van der Waals surface area contributed by atoms with Crippen molar-refractivity contribution < 1.29 is 4.74 Å². The van der Waals surface area contributed by atoms with Crippen LogP contribution in [0.1, 0.15) is 32.8 Å². The van der Waals surface area contributed by atoms with Crippen LogP contribution in [0.25, 0.3) is 6.08 Å². The molecule has 0 saturated heterocycles. The van der Waals surface area contributed by atoms with Crippen molar-refractivity contribution in [3.05, 3.63) is 35.9 Å². The Bertz CT molecular complexity index is 368. The van der Waals surface area contributed by atoms with Crippen LogP contribution in [0.4, 0.5) is 0 Å². The zero-order chi connectivity index (χ0) is 14.1. The van der Waals surface area contributed by atoms with Crippen molar-refractivity contribution in [3.63, 3.8) is 0 Å². The number of rotatable bonds is 8. The zero-order valence-electron chi connectivity index (χ0n) is 12.9. The first-order valence-electron chi connectivity index (χ1n) is 7.50. The van der Waals surface area contributed by atoms with Crippen LogP contribution in [0.2, 0.25) is 24.2 Å². The van der Waals surface area contributed by atoms with Crippen molar-refractivity contribution in [1.29, 1.82) is 0 Å². The smallest absolute Gasteiger partial charge is 0.118 e. The van der Waals surface area contributed by atoms with Gasteiger partial charge in [-0.05, 0) is 24.1 Å². The van der Waals surface area contributed by atoms with Crippen LogP contribution in [0.3, 0.4) is 0 Å². The molecule has 0 aliphatic rings. The first-order valence-corrected chi connectivity index (χ1v) is 10.3. The fraction of sp³-hybridized carbons (Fsp3) is 0.529. The van der Waals surface area contributed by atoms with Crippen molar-refractivity contribution in [2.24, 2.45) is 0 Å². The molecule has 0 amide bonds. The molecule has 2 heteroatoms. The highest BCUT2D eigenvalue weighted by Gasteiger charge is 2.24. The number of methoxy groups -OCH3 is 1. The van der Waals surface area contributed by atoms with Crippen LogP contribution in [0.5, 0.6) is 5.75 Å². The van der Waals surface area contributed by atoms with Gasteiger partial charge < -0.3 is 4.74 Å². The van der Waals surface area contributed by atoms with E-state index in [0.29, 0.717) is 0 Å². The molecule has 1 aromatic rings. The van der Waals surface area contributed by atoms with Crippen LogP contribution >= 0.6 is 0 Å². The number of hydrogen-bond acceptors (Lipinski definition) is 1. The Kier molecular flexibility index (Phi) is 6.93. The second-order valence-corrected chi connectivity index (χ2v) is 10.9. The minimum atomic E-state index is -0.942. The van der Waals surface area contributed by atoms with Gasteiger partial charge in [0, 0.05) is 0 Å². The molecule has 0 aliphatic heterocycles. The van der Waals surface area contributed by atoms with Gasteiger partial charge in [0.25, 0.3) is 0 Å². The fourth-order valence-electron chi connectivity index (χ4n) is 2.60. The lowest BCUT2D eigenvalue weighted by atomic mass is 10.2. The van der Waals surface area contributed by atoms with Gasteiger partial charge in [-0.1, -0.05) is 69.2 Å². The number of benzene rings is 1. The average molecular weight is 276 g/mol. The van der Waals surface area contributed by atoms with E-state index in [9.17, 15) is 0 Å². The minimum absolute atomic E-state index is 0.923. The first kappa shape index (κ1) is 16.0. The summed E-state index contributed by atoms with van der Waals surface area (Å²) in [7, 11) is 0.762. The topological polar surface area (TPSA) is 9.23 Å². The molecule has 0 saturated carbocycles. The van der Waals surface area contributed by atoms with Gasteiger partial charge in [-0.25, -0.2) is 0 Å². The Balaban J connectivity index is 2.49. The maximum Gasteiger partial charge on any atom is 0.118 e. The predicted molar refractivity (Wildman–Crippen MR) is 88.6 cm³/mol. The van der Waals surface area contributed by atoms with Crippen molar-refractivity contribution in [3.8, 4) is 5.75 Å². The van der Waals surface area contributed by atoms with Gasteiger partial charge >= 0.3 is 0 Å². The van der Waals surface area contributed by atoms with Crippen LogP contribution in [0.15, 0.2) is 30.3 Å². The average Bonchev–Trinajstić information content (AvgIpc) is 2.49. The quantitative estimate of drug-likeness (QED) is 0.561. The van der Waals surface area contributed by atoms with E-state index >= 15 is 0 Å². The largest absolute Gasteiger partial charge is 0.497 e. The standard InChI is InChI=1S/C17H28OSi/c1-5-19(6-2,7-3)15-9-8-10-16-11-13-17(18-4)14-12-16/h8,10-14H,5-7,9,15H2,1-4H3/b10-8+. The van der Waals surface area contributed by atoms with Crippen molar-refractivity contribution in [2.75, 3.05) is 7.11 Å². The molecule has 0 radical (unpaired) electrons. The van der Waals surface area contributed by atoms with E-state index in [4.69, 9.17) is 4.74 Å². The molecule has 0 aliphatic carbocycles. The van der Waals surface area contributed by atoms with Gasteiger partial charge in [0.2, 0.25) is 0 Å². The Hall–Kier alpha value is -1.02. The Labute approximate surface area is 119 Å². The number of allylic oxidation sites excluding steroid dienone is 1. The third-order valence-electron chi connectivity index (χ3n) is 4.52. The summed E-state index contributed by atoms with van der Waals surface area (Å²) in [6, 6.07) is 14.0. The van der Waals surface area contributed by atoms with E-state index in [1.165, 1.54) is 36.2 Å². The highest BCUT2D eigenvalue weighted by atomic mass is 28.3. The predicted octanol–water partition coefficient (Wildman–Crippen LogP) is 5.61. The fourth-order valence-corrected chi connectivity index (χ4v) is 5.94. The molecule has 0 fully saturated rings.